The lowest BCUT2D eigenvalue weighted by Crippen LogP contribution is -2.33. The van der Waals surface area contributed by atoms with Crippen molar-refractivity contribution in [1.29, 1.82) is 0 Å². The van der Waals surface area contributed by atoms with Crippen molar-refractivity contribution in [3.63, 3.8) is 0 Å². The number of carbonyl (C=O) groups is 1. The first kappa shape index (κ1) is 16.1. The number of rotatable bonds is 2. The van der Waals surface area contributed by atoms with Gasteiger partial charge in [-0.05, 0) is 44.4 Å². The molecule has 112 valence electrons. The van der Waals surface area contributed by atoms with Crippen molar-refractivity contribution in [2.24, 2.45) is 5.92 Å². The van der Waals surface area contributed by atoms with E-state index in [4.69, 9.17) is 11.5 Å². The molecule has 1 atom stereocenters. The minimum absolute atomic E-state index is 0.242. The predicted octanol–water partition coefficient (Wildman–Crippen LogP) is 2.91. The van der Waals surface area contributed by atoms with Gasteiger partial charge in [0.15, 0.2) is 0 Å². The molecule has 20 heavy (non-hydrogen) atoms. The van der Waals surface area contributed by atoms with E-state index in [1.54, 1.807) is 20.8 Å². The standard InChI is InChI=1S/C13H18F3N3O/c1-5-9(17)6(2)11(7(3)10(5)18)19-12(20)8(4)13(14,15)16/h8H,17-18H2,1-4H3,(H,19,20). The monoisotopic (exact) mass is 289 g/mol. The second-order valence-corrected chi connectivity index (χ2v) is 4.83. The molecule has 0 aliphatic heterocycles. The minimum Gasteiger partial charge on any atom is -0.398 e. The van der Waals surface area contributed by atoms with E-state index in [2.05, 4.69) is 5.32 Å². The third-order valence-corrected chi connectivity index (χ3v) is 3.50. The predicted molar refractivity (Wildman–Crippen MR) is 73.3 cm³/mol. The van der Waals surface area contributed by atoms with Gasteiger partial charge in [0.1, 0.15) is 5.92 Å². The summed E-state index contributed by atoms with van der Waals surface area (Å²) in [5.74, 6) is -3.24. The Morgan fingerprint density at radius 1 is 1.05 bits per heavy atom. The van der Waals surface area contributed by atoms with Crippen LogP contribution in [0.2, 0.25) is 0 Å². The lowest BCUT2D eigenvalue weighted by Gasteiger charge is -2.21. The average Bonchev–Trinajstić information content (AvgIpc) is 2.36. The van der Waals surface area contributed by atoms with Crippen LogP contribution in [-0.2, 0) is 4.79 Å². The number of nitrogens with one attached hydrogen (secondary N) is 1. The molecule has 0 saturated heterocycles. The highest BCUT2D eigenvalue weighted by molar-refractivity contribution is 5.96. The van der Waals surface area contributed by atoms with Crippen LogP contribution in [0.4, 0.5) is 30.2 Å². The molecule has 7 heteroatoms. The van der Waals surface area contributed by atoms with Gasteiger partial charge in [0.05, 0.1) is 5.69 Å². The quantitative estimate of drug-likeness (QED) is 0.732. The fourth-order valence-electron chi connectivity index (χ4n) is 1.83. The third-order valence-electron chi connectivity index (χ3n) is 3.50. The van der Waals surface area contributed by atoms with E-state index >= 15 is 0 Å². The lowest BCUT2D eigenvalue weighted by molar-refractivity contribution is -0.175. The van der Waals surface area contributed by atoms with Crippen molar-refractivity contribution in [3.05, 3.63) is 16.7 Å². The Morgan fingerprint density at radius 2 is 1.45 bits per heavy atom. The number of nitrogens with two attached hydrogens (primary N) is 2. The number of nitrogen functional groups attached to an aromatic ring is 2. The summed E-state index contributed by atoms with van der Waals surface area (Å²) in [6.45, 7) is 5.78. The van der Waals surface area contributed by atoms with Crippen LogP contribution in [0.15, 0.2) is 0 Å². The third kappa shape index (κ3) is 2.81. The van der Waals surface area contributed by atoms with Crippen molar-refractivity contribution in [1.82, 2.24) is 0 Å². The fraction of sp³-hybridized carbons (Fsp3) is 0.462. The van der Waals surface area contributed by atoms with Crippen LogP contribution in [0.25, 0.3) is 0 Å². The van der Waals surface area contributed by atoms with Gasteiger partial charge in [0.25, 0.3) is 0 Å². The second-order valence-electron chi connectivity index (χ2n) is 4.83. The maximum atomic E-state index is 12.5. The van der Waals surface area contributed by atoms with Crippen molar-refractivity contribution in [2.75, 3.05) is 16.8 Å². The molecule has 0 fully saturated rings. The molecule has 4 nitrogen and oxygen atoms in total. The van der Waals surface area contributed by atoms with Gasteiger partial charge < -0.3 is 16.8 Å². The number of alkyl halides is 3. The summed E-state index contributed by atoms with van der Waals surface area (Å²) in [7, 11) is 0. The van der Waals surface area contributed by atoms with Crippen LogP contribution in [0, 0.1) is 26.7 Å². The van der Waals surface area contributed by atoms with Crippen LogP contribution >= 0.6 is 0 Å². The summed E-state index contributed by atoms with van der Waals surface area (Å²) >= 11 is 0. The Morgan fingerprint density at radius 3 is 1.80 bits per heavy atom. The molecule has 0 radical (unpaired) electrons. The molecule has 0 heterocycles. The van der Waals surface area contributed by atoms with E-state index in [0.29, 0.717) is 28.1 Å². The molecule has 0 aliphatic carbocycles. The Bertz CT molecular complexity index is 524. The zero-order chi connectivity index (χ0) is 15.8. The number of halogens is 3. The van der Waals surface area contributed by atoms with Crippen LogP contribution < -0.4 is 16.8 Å². The first-order valence-electron chi connectivity index (χ1n) is 6.00. The molecule has 1 rings (SSSR count). The maximum absolute atomic E-state index is 12.5. The first-order valence-corrected chi connectivity index (χ1v) is 6.00. The molecule has 5 N–H and O–H groups in total. The Labute approximate surface area is 115 Å². The summed E-state index contributed by atoms with van der Waals surface area (Å²) < 4.78 is 37.5. The highest BCUT2D eigenvalue weighted by Crippen LogP contribution is 2.35. The van der Waals surface area contributed by atoms with Gasteiger partial charge in [-0.3, -0.25) is 4.79 Å². The molecule has 1 aromatic rings. The van der Waals surface area contributed by atoms with Crippen molar-refractivity contribution < 1.29 is 18.0 Å². The molecule has 0 spiro atoms. The zero-order valence-corrected chi connectivity index (χ0v) is 11.8. The van der Waals surface area contributed by atoms with Gasteiger partial charge in [0, 0.05) is 11.4 Å². The van der Waals surface area contributed by atoms with E-state index in [1.807, 2.05) is 0 Å². The lowest BCUT2D eigenvalue weighted by atomic mass is 9.99. The molecule has 0 aromatic heterocycles. The van der Waals surface area contributed by atoms with Gasteiger partial charge in [-0.25, -0.2) is 0 Å². The van der Waals surface area contributed by atoms with Gasteiger partial charge in [0.2, 0.25) is 5.91 Å². The SMILES string of the molecule is Cc1c(N)c(C)c(NC(=O)C(C)C(F)(F)F)c(C)c1N. The first-order chi connectivity index (χ1) is 8.98. The van der Waals surface area contributed by atoms with Gasteiger partial charge >= 0.3 is 6.18 Å². The van der Waals surface area contributed by atoms with Crippen molar-refractivity contribution >= 4 is 23.0 Å². The van der Waals surface area contributed by atoms with Crippen molar-refractivity contribution in [2.45, 2.75) is 33.9 Å². The van der Waals surface area contributed by atoms with E-state index < -0.39 is 18.0 Å². The molecular weight excluding hydrogens is 271 g/mol. The number of amides is 1. The minimum atomic E-state index is -4.59. The van der Waals surface area contributed by atoms with Crippen LogP contribution in [0.1, 0.15) is 23.6 Å². The van der Waals surface area contributed by atoms with Gasteiger partial charge in [-0.15, -0.1) is 0 Å². The molecule has 1 amide bonds. The van der Waals surface area contributed by atoms with E-state index in [-0.39, 0.29) is 5.69 Å². The number of anilines is 3. The van der Waals surface area contributed by atoms with Crippen molar-refractivity contribution in [3.8, 4) is 0 Å². The normalized spacial score (nSPS) is 13.2. The smallest absolute Gasteiger partial charge is 0.398 e. The molecule has 0 aliphatic rings. The topological polar surface area (TPSA) is 81.1 Å². The zero-order valence-electron chi connectivity index (χ0n) is 11.8. The Balaban J connectivity index is 3.21. The highest BCUT2D eigenvalue weighted by atomic mass is 19.4. The Kier molecular flexibility index (Phi) is 4.21. The summed E-state index contributed by atoms with van der Waals surface area (Å²) in [5.41, 5.74) is 14.3. The summed E-state index contributed by atoms with van der Waals surface area (Å²) in [5, 5.41) is 2.27. The maximum Gasteiger partial charge on any atom is 0.400 e. The summed E-state index contributed by atoms with van der Waals surface area (Å²) in [4.78, 5) is 11.7. The second kappa shape index (κ2) is 5.22. The molecular formula is C13H18F3N3O. The molecule has 0 bridgehead atoms. The molecule has 0 saturated carbocycles. The fourth-order valence-corrected chi connectivity index (χ4v) is 1.83. The highest BCUT2D eigenvalue weighted by Gasteiger charge is 2.41. The van der Waals surface area contributed by atoms with Crippen LogP contribution in [0.3, 0.4) is 0 Å². The van der Waals surface area contributed by atoms with E-state index in [1.165, 1.54) is 0 Å². The van der Waals surface area contributed by atoms with E-state index in [9.17, 15) is 18.0 Å². The Hall–Kier alpha value is -1.92. The largest absolute Gasteiger partial charge is 0.400 e. The van der Waals surface area contributed by atoms with Gasteiger partial charge in [-0.2, -0.15) is 13.2 Å². The van der Waals surface area contributed by atoms with E-state index in [0.717, 1.165) is 6.92 Å². The summed E-state index contributed by atoms with van der Waals surface area (Å²) in [6, 6.07) is 0. The number of benzene rings is 1. The average molecular weight is 289 g/mol. The number of carbonyl (C=O) groups excluding carboxylic acids is 1. The molecule has 1 unspecified atom stereocenters. The number of hydrogen-bond donors (Lipinski definition) is 3. The molecule has 1 aromatic carbocycles. The number of hydrogen-bond acceptors (Lipinski definition) is 3. The van der Waals surface area contributed by atoms with Crippen LogP contribution in [0.5, 0.6) is 0 Å². The van der Waals surface area contributed by atoms with Gasteiger partial charge in [-0.1, -0.05) is 0 Å². The summed E-state index contributed by atoms with van der Waals surface area (Å²) in [6.07, 6.45) is -4.59. The van der Waals surface area contributed by atoms with Crippen LogP contribution in [-0.4, -0.2) is 12.1 Å².